The molecule has 0 amide bonds. The predicted octanol–water partition coefficient (Wildman–Crippen LogP) is 4.07. The average molecular weight is 670 g/mol. The van der Waals surface area contributed by atoms with Gasteiger partial charge in [0.05, 0.1) is 28.4 Å². The Kier molecular flexibility index (Phi) is 11.0. The number of ether oxygens (including phenoxy) is 1. The number of nitrogens with zero attached hydrogens (tertiary/aromatic N) is 4. The summed E-state index contributed by atoms with van der Waals surface area (Å²) in [6, 6.07) is 2.23. The third-order valence-electron chi connectivity index (χ3n) is 5.95. The fourth-order valence-electron chi connectivity index (χ4n) is 4.56. The van der Waals surface area contributed by atoms with E-state index in [-0.39, 0.29) is 52.2 Å². The second kappa shape index (κ2) is 11.5. The van der Waals surface area contributed by atoms with Crippen LogP contribution < -0.4 is 0 Å². The van der Waals surface area contributed by atoms with Crippen LogP contribution in [0, 0.1) is 29.2 Å². The van der Waals surface area contributed by atoms with Crippen LogP contribution in [0.2, 0.25) is 0 Å². The van der Waals surface area contributed by atoms with Crippen LogP contribution in [0.25, 0.3) is 10.4 Å². The topological polar surface area (TPSA) is 125 Å². The summed E-state index contributed by atoms with van der Waals surface area (Å²) in [7, 11) is 0. The zero-order chi connectivity index (χ0) is 22.7. The van der Waals surface area contributed by atoms with Crippen molar-refractivity contribution in [1.29, 1.82) is 5.26 Å². The summed E-state index contributed by atoms with van der Waals surface area (Å²) >= 11 is 4.27. The standard InChI is InChI=1S/C10H10IN3O2.C10H10INO2.CH4.FH/c1-8(15)6-10(13-2,4-3-5-11)9(16)7-14-12;1-9-3-10(4-12)2-5(9)6(11)7(14-9)8(10)13;;/h3,5,7H,4,6H2,1H3;5-7H,2-3H2,1H3;1H4;1H/b5-3+;;;/t10-;5?,6-,7?,9?,10?;;/m10../s1. The summed E-state index contributed by atoms with van der Waals surface area (Å²) < 4.78 is 7.72. The van der Waals surface area contributed by atoms with Crippen LogP contribution >= 0.6 is 45.2 Å². The van der Waals surface area contributed by atoms with Gasteiger partial charge in [0.15, 0.2) is 5.78 Å². The minimum atomic E-state index is -1.47. The summed E-state index contributed by atoms with van der Waals surface area (Å²) in [5, 5.41) is 9.15. The number of halogens is 3. The van der Waals surface area contributed by atoms with E-state index in [9.17, 15) is 14.4 Å². The van der Waals surface area contributed by atoms with Crippen molar-refractivity contribution >= 4 is 68.7 Å². The molecule has 2 saturated heterocycles. The van der Waals surface area contributed by atoms with Gasteiger partial charge >= 0.3 is 17.5 Å². The molecule has 4 aliphatic rings. The van der Waals surface area contributed by atoms with Gasteiger partial charge in [0.1, 0.15) is 17.3 Å². The van der Waals surface area contributed by atoms with Gasteiger partial charge in [-0.1, -0.05) is 58.7 Å². The van der Waals surface area contributed by atoms with Crippen molar-refractivity contribution in [3.8, 4) is 6.07 Å². The lowest BCUT2D eigenvalue weighted by Gasteiger charge is -2.34. The molecule has 32 heavy (non-hydrogen) atoms. The quantitative estimate of drug-likeness (QED) is 0.105. The third kappa shape index (κ3) is 5.33. The van der Waals surface area contributed by atoms with Crippen LogP contribution in [0.15, 0.2) is 10.2 Å². The highest BCUT2D eigenvalue weighted by Crippen LogP contribution is 2.63. The van der Waals surface area contributed by atoms with Gasteiger partial charge in [-0.2, -0.15) is 10.1 Å². The van der Waals surface area contributed by atoms with Gasteiger partial charge in [-0.15, -0.1) is 0 Å². The number of hydrogen-bond acceptors (Lipinski definition) is 5. The number of rotatable bonds is 6. The van der Waals surface area contributed by atoms with Crippen LogP contribution in [0.4, 0.5) is 4.70 Å². The Labute approximate surface area is 214 Å². The molecule has 0 aromatic carbocycles. The van der Waals surface area contributed by atoms with E-state index in [1.165, 1.54) is 6.92 Å². The van der Waals surface area contributed by atoms with Gasteiger partial charge in [-0.25, -0.2) is 6.57 Å². The van der Waals surface area contributed by atoms with E-state index in [1.807, 2.05) is 22.6 Å². The number of nitriles is 1. The predicted molar refractivity (Wildman–Crippen MR) is 133 cm³/mol. The number of hydrogen-bond donors (Lipinski definition) is 0. The van der Waals surface area contributed by atoms with E-state index in [0.29, 0.717) is 25.0 Å². The first-order valence-electron chi connectivity index (χ1n) is 9.17. The lowest BCUT2D eigenvalue weighted by molar-refractivity contribution is -0.151. The van der Waals surface area contributed by atoms with Crippen LogP contribution in [0.5, 0.6) is 0 Å². The SMILES string of the molecule is C.CC12CC3(C#N)CC1[C@H](I)C(O2)C3=O.F.[C-]#[N+][C@](C/C=C/I)(CC(C)=O)C(=O)C=[N+]=[N-]. The van der Waals surface area contributed by atoms with Crippen LogP contribution in [0.1, 0.15) is 47.0 Å². The smallest absolute Gasteiger partial charge is 0.331 e. The zero-order valence-corrected chi connectivity index (χ0v) is 21.2. The minimum absolute atomic E-state index is 0. The van der Waals surface area contributed by atoms with Crippen molar-refractivity contribution in [2.24, 2.45) is 11.3 Å². The van der Waals surface area contributed by atoms with Crippen molar-refractivity contribution in [2.75, 3.05) is 0 Å². The Balaban J connectivity index is 0.000000566. The van der Waals surface area contributed by atoms with Gasteiger partial charge in [0.2, 0.25) is 0 Å². The molecule has 4 fully saturated rings. The molecular weight excluding hydrogens is 645 g/mol. The molecule has 0 aromatic heterocycles. The van der Waals surface area contributed by atoms with Crippen LogP contribution in [-0.4, -0.2) is 49.5 Å². The molecule has 11 heteroatoms. The Hall–Kier alpha value is -1.54. The molecule has 0 spiro atoms. The fourth-order valence-corrected chi connectivity index (χ4v) is 6.30. The van der Waals surface area contributed by atoms with Gasteiger partial charge < -0.3 is 15.1 Å². The summed E-state index contributed by atoms with van der Waals surface area (Å²) in [6.07, 6.45) is 3.26. The zero-order valence-electron chi connectivity index (χ0n) is 16.9. The maximum absolute atomic E-state index is 12.0. The summed E-state index contributed by atoms with van der Waals surface area (Å²) in [5.74, 6) is -0.483. The van der Waals surface area contributed by atoms with Gasteiger partial charge in [0, 0.05) is 12.3 Å². The van der Waals surface area contributed by atoms with Crippen LogP contribution in [-0.2, 0) is 19.1 Å². The largest absolute Gasteiger partial charge is 0.363 e. The number of alkyl halides is 1. The molecule has 174 valence electrons. The highest BCUT2D eigenvalue weighted by atomic mass is 127. The van der Waals surface area contributed by atoms with Crippen molar-refractivity contribution in [2.45, 2.75) is 68.1 Å². The van der Waals surface area contributed by atoms with E-state index in [0.717, 1.165) is 0 Å². The van der Waals surface area contributed by atoms with Gasteiger partial charge in [0.25, 0.3) is 0 Å². The van der Waals surface area contributed by atoms with Crippen molar-refractivity contribution in [3.63, 3.8) is 0 Å². The molecule has 0 radical (unpaired) electrons. The van der Waals surface area contributed by atoms with E-state index >= 15 is 0 Å². The van der Waals surface area contributed by atoms with Crippen molar-refractivity contribution in [3.05, 3.63) is 27.1 Å². The maximum Gasteiger partial charge on any atom is 0.331 e. The first kappa shape index (κ1) is 30.5. The molecule has 4 rings (SSSR count). The Morgan fingerprint density at radius 2 is 2.12 bits per heavy atom. The highest BCUT2D eigenvalue weighted by Gasteiger charge is 2.71. The molecule has 2 aliphatic carbocycles. The second-order valence-corrected chi connectivity index (χ2v) is 10.2. The number of ketones is 3. The van der Waals surface area contributed by atoms with E-state index in [4.69, 9.17) is 22.1 Å². The van der Waals surface area contributed by atoms with Crippen LogP contribution in [0.3, 0.4) is 0 Å². The molecule has 8 nitrogen and oxygen atoms in total. The fraction of sp³-hybridized carbons (Fsp3) is 0.619. The van der Waals surface area contributed by atoms with E-state index in [1.54, 1.807) is 10.2 Å². The summed E-state index contributed by atoms with van der Waals surface area (Å²) in [6.45, 7) is 10.4. The summed E-state index contributed by atoms with van der Waals surface area (Å²) in [5.41, 5.74) is 5.91. The first-order valence-corrected chi connectivity index (χ1v) is 11.7. The molecule has 2 heterocycles. The van der Waals surface area contributed by atoms with Crippen molar-refractivity contribution in [1.82, 2.24) is 0 Å². The first-order chi connectivity index (χ1) is 14.0. The number of carbonyl (C=O) groups is 3. The maximum atomic E-state index is 12.0. The lowest BCUT2D eigenvalue weighted by atomic mass is 9.74. The minimum Gasteiger partial charge on any atom is -0.363 e. The highest BCUT2D eigenvalue weighted by molar-refractivity contribution is 14.1. The normalized spacial score (nSPS) is 32.7. The Bertz CT molecular complexity index is 939. The average Bonchev–Trinajstić information content (AvgIpc) is 3.08. The molecular formula is C21H25FI2N4O4. The molecule has 6 atom stereocenters. The summed E-state index contributed by atoms with van der Waals surface area (Å²) in [4.78, 5) is 40.5. The number of Topliss-reactive ketones (excluding diaryl/α,β-unsaturated/α-hetero) is 3. The number of carbonyl (C=O) groups excluding carboxylic acids is 3. The third-order valence-corrected chi connectivity index (χ3v) is 7.98. The molecule has 0 N–H and O–H groups in total. The van der Waals surface area contributed by atoms with E-state index < -0.39 is 16.7 Å². The molecule has 2 aliphatic heterocycles. The molecule has 2 saturated carbocycles. The van der Waals surface area contributed by atoms with E-state index in [2.05, 4.69) is 45.2 Å². The molecule has 4 unspecified atom stereocenters. The monoisotopic (exact) mass is 670 g/mol. The second-order valence-electron chi connectivity index (χ2n) is 8.04. The van der Waals surface area contributed by atoms with Gasteiger partial charge in [-0.3, -0.25) is 19.1 Å². The van der Waals surface area contributed by atoms with Gasteiger partial charge in [-0.05, 0) is 24.4 Å². The Morgan fingerprint density at radius 1 is 1.50 bits per heavy atom. The Morgan fingerprint density at radius 3 is 2.56 bits per heavy atom. The molecule has 4 bridgehead atoms. The lowest BCUT2D eigenvalue weighted by Crippen LogP contribution is -2.47. The van der Waals surface area contributed by atoms with Crippen molar-refractivity contribution < 1.29 is 28.6 Å². The molecule has 0 aromatic rings.